The number of halogens is 1. The summed E-state index contributed by atoms with van der Waals surface area (Å²) in [5.74, 6) is -0.193. The van der Waals surface area contributed by atoms with E-state index in [1.165, 1.54) is 18.7 Å². The topological polar surface area (TPSA) is 58.6 Å². The summed E-state index contributed by atoms with van der Waals surface area (Å²) < 4.78 is 4.82. The van der Waals surface area contributed by atoms with Crippen LogP contribution in [0.3, 0.4) is 0 Å². The van der Waals surface area contributed by atoms with E-state index in [2.05, 4.69) is 11.4 Å². The molecule has 0 aromatic heterocycles. The van der Waals surface area contributed by atoms with Crippen LogP contribution in [0.15, 0.2) is 48.5 Å². The predicted octanol–water partition coefficient (Wildman–Crippen LogP) is 4.36. The van der Waals surface area contributed by atoms with E-state index in [-0.39, 0.29) is 18.0 Å². The maximum Gasteiger partial charge on any atom is 0.409 e. The Morgan fingerprint density at radius 2 is 2.00 bits per heavy atom. The molecule has 28 heavy (non-hydrogen) atoms. The van der Waals surface area contributed by atoms with Gasteiger partial charge in [0.05, 0.1) is 13.2 Å². The number of rotatable bonds is 4. The molecule has 1 aliphatic rings. The molecule has 5 nitrogen and oxygen atoms in total. The third-order valence-corrected chi connectivity index (χ3v) is 5.20. The van der Waals surface area contributed by atoms with Crippen molar-refractivity contribution in [3.63, 3.8) is 0 Å². The Morgan fingerprint density at radius 3 is 2.75 bits per heavy atom. The molecule has 2 amide bonds. The quantitative estimate of drug-likeness (QED) is 0.778. The van der Waals surface area contributed by atoms with Crippen LogP contribution in [0.5, 0.6) is 0 Å². The number of amides is 2. The van der Waals surface area contributed by atoms with E-state index in [0.717, 1.165) is 23.1 Å². The molecule has 0 fully saturated rings. The van der Waals surface area contributed by atoms with Gasteiger partial charge >= 0.3 is 6.09 Å². The van der Waals surface area contributed by atoms with Crippen molar-refractivity contribution in [1.82, 2.24) is 10.2 Å². The molecule has 6 heteroatoms. The standard InChI is InChI=1S/C22H23ClN2O3/c1-15(24-21(26)10-9-17-5-3-4-6-20(17)23)18-8-7-16-11-12-25(22(27)28-2)14-19(16)13-18/h3-10,13,15H,11-12,14H2,1-2H3,(H,24,26). The van der Waals surface area contributed by atoms with Gasteiger partial charge in [0, 0.05) is 24.2 Å². The molecule has 0 aliphatic carbocycles. The van der Waals surface area contributed by atoms with Crippen LogP contribution in [-0.4, -0.2) is 30.6 Å². The summed E-state index contributed by atoms with van der Waals surface area (Å²) in [6, 6.07) is 13.3. The van der Waals surface area contributed by atoms with Crippen LogP contribution < -0.4 is 5.32 Å². The fourth-order valence-electron chi connectivity index (χ4n) is 3.25. The molecule has 0 spiro atoms. The van der Waals surface area contributed by atoms with Gasteiger partial charge in [0.25, 0.3) is 0 Å². The van der Waals surface area contributed by atoms with Crippen LogP contribution in [0.1, 0.15) is 35.2 Å². The number of carbonyl (C=O) groups excluding carboxylic acids is 2. The lowest BCUT2D eigenvalue weighted by molar-refractivity contribution is -0.117. The van der Waals surface area contributed by atoms with E-state index in [4.69, 9.17) is 16.3 Å². The smallest absolute Gasteiger partial charge is 0.409 e. The number of nitrogens with zero attached hydrogens (tertiary/aromatic N) is 1. The highest BCUT2D eigenvalue weighted by Gasteiger charge is 2.22. The minimum absolute atomic E-state index is 0.165. The summed E-state index contributed by atoms with van der Waals surface area (Å²) in [7, 11) is 1.39. The number of carbonyl (C=O) groups is 2. The minimum Gasteiger partial charge on any atom is -0.453 e. The van der Waals surface area contributed by atoms with Crippen LogP contribution in [0.4, 0.5) is 4.79 Å². The fraction of sp³-hybridized carbons (Fsp3) is 0.273. The van der Waals surface area contributed by atoms with Crippen molar-refractivity contribution in [2.75, 3.05) is 13.7 Å². The normalized spacial score (nSPS) is 14.5. The minimum atomic E-state index is -0.317. The summed E-state index contributed by atoms with van der Waals surface area (Å²) in [5, 5.41) is 3.57. The van der Waals surface area contributed by atoms with Gasteiger partial charge in [0.1, 0.15) is 0 Å². The second-order valence-electron chi connectivity index (χ2n) is 6.75. The number of ether oxygens (including phenoxy) is 1. The monoisotopic (exact) mass is 398 g/mol. The Kier molecular flexibility index (Phi) is 6.37. The average molecular weight is 399 g/mol. The molecule has 1 heterocycles. The summed E-state index contributed by atoms with van der Waals surface area (Å²) in [6.45, 7) is 3.10. The number of nitrogens with one attached hydrogen (secondary N) is 1. The van der Waals surface area contributed by atoms with Gasteiger partial charge in [-0.05, 0) is 47.7 Å². The lowest BCUT2D eigenvalue weighted by Crippen LogP contribution is -2.36. The molecule has 3 rings (SSSR count). The van der Waals surface area contributed by atoms with Gasteiger partial charge in [-0.2, -0.15) is 0 Å². The van der Waals surface area contributed by atoms with Crippen molar-refractivity contribution in [1.29, 1.82) is 0 Å². The Hall–Kier alpha value is -2.79. The summed E-state index contributed by atoms with van der Waals surface area (Å²) >= 11 is 6.10. The van der Waals surface area contributed by atoms with Gasteiger partial charge in [0.15, 0.2) is 0 Å². The molecule has 0 radical (unpaired) electrons. The fourth-order valence-corrected chi connectivity index (χ4v) is 3.45. The number of hydrogen-bond acceptors (Lipinski definition) is 3. The number of benzene rings is 2. The second-order valence-corrected chi connectivity index (χ2v) is 7.16. The van der Waals surface area contributed by atoms with Crippen molar-refractivity contribution < 1.29 is 14.3 Å². The molecule has 1 unspecified atom stereocenters. The molecule has 1 N–H and O–H groups in total. The highest BCUT2D eigenvalue weighted by molar-refractivity contribution is 6.32. The zero-order valence-electron chi connectivity index (χ0n) is 15.9. The van der Waals surface area contributed by atoms with Crippen LogP contribution in [0.25, 0.3) is 6.08 Å². The van der Waals surface area contributed by atoms with E-state index in [9.17, 15) is 9.59 Å². The zero-order valence-corrected chi connectivity index (χ0v) is 16.7. The first kappa shape index (κ1) is 20.0. The van der Waals surface area contributed by atoms with Gasteiger partial charge in [-0.1, -0.05) is 48.0 Å². The Labute approximate surface area is 169 Å². The van der Waals surface area contributed by atoms with Crippen LogP contribution in [0, 0.1) is 0 Å². The first-order valence-corrected chi connectivity index (χ1v) is 9.53. The van der Waals surface area contributed by atoms with E-state index in [1.807, 2.05) is 37.3 Å². The Balaban J connectivity index is 1.66. The first-order chi connectivity index (χ1) is 13.5. The maximum absolute atomic E-state index is 12.3. The number of methoxy groups -OCH3 is 1. The highest BCUT2D eigenvalue weighted by Crippen LogP contribution is 2.24. The van der Waals surface area contributed by atoms with Crippen molar-refractivity contribution in [3.8, 4) is 0 Å². The van der Waals surface area contributed by atoms with Gasteiger partial charge in [-0.3, -0.25) is 4.79 Å². The SMILES string of the molecule is COC(=O)N1CCc2ccc(C(C)NC(=O)C=Cc3ccccc3Cl)cc2C1. The van der Waals surface area contributed by atoms with Crippen LogP contribution in [-0.2, 0) is 22.5 Å². The maximum atomic E-state index is 12.3. The number of hydrogen-bond donors (Lipinski definition) is 1. The van der Waals surface area contributed by atoms with E-state index in [0.29, 0.717) is 18.1 Å². The van der Waals surface area contributed by atoms with E-state index >= 15 is 0 Å². The first-order valence-electron chi connectivity index (χ1n) is 9.15. The van der Waals surface area contributed by atoms with Crippen LogP contribution >= 0.6 is 11.6 Å². The van der Waals surface area contributed by atoms with Crippen molar-refractivity contribution >= 4 is 29.7 Å². The largest absolute Gasteiger partial charge is 0.453 e. The molecule has 0 saturated carbocycles. The Morgan fingerprint density at radius 1 is 1.21 bits per heavy atom. The lowest BCUT2D eigenvalue weighted by Gasteiger charge is -2.28. The third kappa shape index (κ3) is 4.73. The summed E-state index contributed by atoms with van der Waals surface area (Å²) in [4.78, 5) is 25.7. The van der Waals surface area contributed by atoms with Crippen molar-refractivity contribution in [2.45, 2.75) is 25.9 Å². The van der Waals surface area contributed by atoms with Gasteiger partial charge in [-0.15, -0.1) is 0 Å². The highest BCUT2D eigenvalue weighted by atomic mass is 35.5. The molecule has 0 saturated heterocycles. The van der Waals surface area contributed by atoms with Crippen molar-refractivity contribution in [2.24, 2.45) is 0 Å². The van der Waals surface area contributed by atoms with Crippen LogP contribution in [0.2, 0.25) is 5.02 Å². The molecule has 146 valence electrons. The lowest BCUT2D eigenvalue weighted by atomic mass is 9.95. The Bertz CT molecular complexity index is 910. The molecular formula is C22H23ClN2O3. The zero-order chi connectivity index (χ0) is 20.1. The predicted molar refractivity (Wildman–Crippen MR) is 110 cm³/mol. The second kappa shape index (κ2) is 8.93. The summed E-state index contributed by atoms with van der Waals surface area (Å²) in [6.07, 6.45) is 3.66. The van der Waals surface area contributed by atoms with Gasteiger partial charge in [0.2, 0.25) is 5.91 Å². The molecule has 0 bridgehead atoms. The molecule has 2 aromatic rings. The molecular weight excluding hydrogens is 376 g/mol. The van der Waals surface area contributed by atoms with Crippen molar-refractivity contribution in [3.05, 3.63) is 75.8 Å². The molecule has 1 atom stereocenters. The number of fused-ring (bicyclic) bond motifs is 1. The summed E-state index contributed by atoms with van der Waals surface area (Å²) in [5.41, 5.74) is 4.09. The van der Waals surface area contributed by atoms with E-state index in [1.54, 1.807) is 17.0 Å². The molecule has 2 aromatic carbocycles. The van der Waals surface area contributed by atoms with Gasteiger partial charge in [-0.25, -0.2) is 4.79 Å². The van der Waals surface area contributed by atoms with E-state index < -0.39 is 0 Å². The van der Waals surface area contributed by atoms with Gasteiger partial charge < -0.3 is 15.0 Å². The average Bonchev–Trinajstić information content (AvgIpc) is 2.71. The third-order valence-electron chi connectivity index (χ3n) is 4.85. The molecule has 1 aliphatic heterocycles.